The molecule has 8 heteroatoms. The number of hydrogen-bond acceptors (Lipinski definition) is 6. The van der Waals surface area contributed by atoms with Crippen molar-refractivity contribution in [1.29, 1.82) is 0 Å². The van der Waals surface area contributed by atoms with E-state index in [1.807, 2.05) is 24.3 Å². The minimum atomic E-state index is -3.86. The van der Waals surface area contributed by atoms with Crippen molar-refractivity contribution in [1.82, 2.24) is 4.72 Å². The van der Waals surface area contributed by atoms with Gasteiger partial charge in [0.2, 0.25) is 15.8 Å². The van der Waals surface area contributed by atoms with E-state index in [-0.39, 0.29) is 10.5 Å². The number of carbonyl (C=O) groups is 1. The molecule has 29 heavy (non-hydrogen) atoms. The summed E-state index contributed by atoms with van der Waals surface area (Å²) in [7, 11) is 0.478. The van der Waals surface area contributed by atoms with Crippen LogP contribution < -0.4 is 18.9 Å². The van der Waals surface area contributed by atoms with E-state index in [1.54, 1.807) is 12.1 Å². The Bertz CT molecular complexity index is 1130. The van der Waals surface area contributed by atoms with Crippen LogP contribution in [0.15, 0.2) is 59.5 Å². The third-order valence-corrected chi connectivity index (χ3v) is 5.84. The van der Waals surface area contributed by atoms with Gasteiger partial charge in [-0.25, -0.2) is 13.1 Å². The Kier molecular flexibility index (Phi) is 6.05. The molecule has 0 bridgehead atoms. The lowest BCUT2D eigenvalue weighted by molar-refractivity contribution is 0.0996. The molecule has 3 aromatic carbocycles. The summed E-state index contributed by atoms with van der Waals surface area (Å²) in [5.41, 5.74) is 0.237. The molecule has 0 unspecified atom stereocenters. The van der Waals surface area contributed by atoms with Crippen LogP contribution in [0.4, 0.5) is 0 Å². The van der Waals surface area contributed by atoms with E-state index >= 15 is 0 Å². The van der Waals surface area contributed by atoms with Crippen LogP contribution in [-0.2, 0) is 10.0 Å². The zero-order valence-corrected chi connectivity index (χ0v) is 17.1. The number of hydrogen-bond donors (Lipinski definition) is 1. The zero-order valence-electron chi connectivity index (χ0n) is 16.3. The highest BCUT2D eigenvalue weighted by molar-refractivity contribution is 7.89. The first-order chi connectivity index (χ1) is 13.9. The van der Waals surface area contributed by atoms with Gasteiger partial charge in [0.25, 0.3) is 0 Å². The molecule has 7 nitrogen and oxygen atoms in total. The summed E-state index contributed by atoms with van der Waals surface area (Å²) in [4.78, 5) is 12.7. The van der Waals surface area contributed by atoms with Crippen molar-refractivity contribution in [3.05, 3.63) is 60.2 Å². The van der Waals surface area contributed by atoms with Gasteiger partial charge in [-0.3, -0.25) is 4.79 Å². The Balaban J connectivity index is 1.82. The molecule has 0 saturated carbocycles. The summed E-state index contributed by atoms with van der Waals surface area (Å²) in [5.74, 6) is 0.539. The average molecular weight is 415 g/mol. The molecule has 0 spiro atoms. The quantitative estimate of drug-likeness (QED) is 0.569. The van der Waals surface area contributed by atoms with Gasteiger partial charge < -0.3 is 14.2 Å². The summed E-state index contributed by atoms with van der Waals surface area (Å²) in [5, 5.41) is 1.73. The standard InChI is InChI=1S/C21H21NO6S/c1-26-19-11-16(12-20(27-2)21(19)28-3)18(23)13-22-29(24,25)17-9-8-14-6-4-5-7-15(14)10-17/h4-12,22H,13H2,1-3H3. The fraction of sp³-hybridized carbons (Fsp3) is 0.190. The van der Waals surface area contributed by atoms with Gasteiger partial charge in [-0.1, -0.05) is 30.3 Å². The fourth-order valence-corrected chi connectivity index (χ4v) is 3.94. The van der Waals surface area contributed by atoms with Crippen LogP contribution in [0.5, 0.6) is 17.2 Å². The van der Waals surface area contributed by atoms with Crippen LogP contribution in [0.3, 0.4) is 0 Å². The first-order valence-electron chi connectivity index (χ1n) is 8.71. The fourth-order valence-electron chi connectivity index (χ4n) is 2.92. The Morgan fingerprint density at radius 2 is 1.48 bits per heavy atom. The van der Waals surface area contributed by atoms with Crippen molar-refractivity contribution < 1.29 is 27.4 Å². The number of benzene rings is 3. The van der Waals surface area contributed by atoms with Gasteiger partial charge in [0.15, 0.2) is 17.3 Å². The van der Waals surface area contributed by atoms with E-state index in [4.69, 9.17) is 14.2 Å². The SMILES string of the molecule is COc1cc(C(=O)CNS(=O)(=O)c2ccc3ccccc3c2)cc(OC)c1OC. The van der Waals surface area contributed by atoms with Crippen LogP contribution in [0, 0.1) is 0 Å². The maximum absolute atomic E-state index is 12.6. The molecule has 0 heterocycles. The molecule has 1 N–H and O–H groups in total. The van der Waals surface area contributed by atoms with E-state index < -0.39 is 22.4 Å². The Morgan fingerprint density at radius 3 is 2.07 bits per heavy atom. The smallest absolute Gasteiger partial charge is 0.241 e. The Hall–Kier alpha value is -3.10. The first kappa shape index (κ1) is 20.6. The highest BCUT2D eigenvalue weighted by Crippen LogP contribution is 2.38. The molecule has 0 saturated heterocycles. The van der Waals surface area contributed by atoms with Gasteiger partial charge in [0.05, 0.1) is 32.8 Å². The third-order valence-electron chi connectivity index (χ3n) is 4.44. The molecular weight excluding hydrogens is 394 g/mol. The van der Waals surface area contributed by atoms with Crippen molar-refractivity contribution >= 4 is 26.6 Å². The van der Waals surface area contributed by atoms with Crippen LogP contribution >= 0.6 is 0 Å². The molecule has 152 valence electrons. The number of nitrogens with one attached hydrogen (secondary N) is 1. The molecule has 0 amide bonds. The van der Waals surface area contributed by atoms with Gasteiger partial charge in [-0.15, -0.1) is 0 Å². The molecule has 0 aliphatic rings. The molecule has 0 aromatic heterocycles. The second kappa shape index (κ2) is 8.50. The van der Waals surface area contributed by atoms with Crippen LogP contribution in [0.1, 0.15) is 10.4 Å². The number of methoxy groups -OCH3 is 3. The molecule has 3 aromatic rings. The van der Waals surface area contributed by atoms with E-state index in [2.05, 4.69) is 4.72 Å². The van der Waals surface area contributed by atoms with Crippen LogP contribution in [-0.4, -0.2) is 42.1 Å². The highest BCUT2D eigenvalue weighted by atomic mass is 32.2. The number of ether oxygens (including phenoxy) is 3. The minimum absolute atomic E-state index is 0.0916. The Labute approximate surface area is 169 Å². The molecule has 0 aliphatic heterocycles. The summed E-state index contributed by atoms with van der Waals surface area (Å²) >= 11 is 0. The number of carbonyl (C=O) groups excluding carboxylic acids is 1. The van der Waals surface area contributed by atoms with Crippen molar-refractivity contribution in [2.24, 2.45) is 0 Å². The minimum Gasteiger partial charge on any atom is -0.493 e. The number of ketones is 1. The van der Waals surface area contributed by atoms with Gasteiger partial charge in [-0.2, -0.15) is 0 Å². The maximum Gasteiger partial charge on any atom is 0.241 e. The number of sulfonamides is 1. The topological polar surface area (TPSA) is 90.9 Å². The van der Waals surface area contributed by atoms with Gasteiger partial charge in [0.1, 0.15) is 0 Å². The normalized spacial score (nSPS) is 11.3. The Morgan fingerprint density at radius 1 is 0.862 bits per heavy atom. The number of Topliss-reactive ketones (excluding diaryl/α,β-unsaturated/α-hetero) is 1. The lowest BCUT2D eigenvalue weighted by Crippen LogP contribution is -2.29. The lowest BCUT2D eigenvalue weighted by atomic mass is 10.1. The monoisotopic (exact) mass is 415 g/mol. The van der Waals surface area contributed by atoms with Crippen LogP contribution in [0.25, 0.3) is 10.8 Å². The number of fused-ring (bicyclic) bond motifs is 1. The van der Waals surface area contributed by atoms with Gasteiger partial charge in [-0.05, 0) is 35.0 Å². The molecule has 0 radical (unpaired) electrons. The van der Waals surface area contributed by atoms with Gasteiger partial charge >= 0.3 is 0 Å². The summed E-state index contributed by atoms with van der Waals surface area (Å²) in [6.07, 6.45) is 0. The predicted molar refractivity (Wildman–Crippen MR) is 110 cm³/mol. The third kappa shape index (κ3) is 4.33. The first-order valence-corrected chi connectivity index (χ1v) is 10.2. The number of rotatable bonds is 8. The molecule has 0 fully saturated rings. The summed E-state index contributed by atoms with van der Waals surface area (Å²) in [6.45, 7) is -0.409. The highest BCUT2D eigenvalue weighted by Gasteiger charge is 2.20. The van der Waals surface area contributed by atoms with E-state index in [1.165, 1.54) is 39.5 Å². The van der Waals surface area contributed by atoms with E-state index in [9.17, 15) is 13.2 Å². The molecule has 0 aliphatic carbocycles. The van der Waals surface area contributed by atoms with E-state index in [0.29, 0.717) is 17.2 Å². The zero-order chi connectivity index (χ0) is 21.0. The average Bonchev–Trinajstić information content (AvgIpc) is 2.75. The van der Waals surface area contributed by atoms with Crippen molar-refractivity contribution in [2.45, 2.75) is 4.90 Å². The molecular formula is C21H21NO6S. The molecule has 0 atom stereocenters. The second-order valence-electron chi connectivity index (χ2n) is 6.17. The van der Waals surface area contributed by atoms with Crippen molar-refractivity contribution in [3.63, 3.8) is 0 Å². The molecule has 3 rings (SSSR count). The summed E-state index contributed by atoms with van der Waals surface area (Å²) < 4.78 is 43.3. The predicted octanol–water partition coefficient (Wildman–Crippen LogP) is 3.03. The lowest BCUT2D eigenvalue weighted by Gasteiger charge is -2.14. The van der Waals surface area contributed by atoms with Crippen molar-refractivity contribution in [3.8, 4) is 17.2 Å². The maximum atomic E-state index is 12.6. The second-order valence-corrected chi connectivity index (χ2v) is 7.94. The van der Waals surface area contributed by atoms with Crippen LogP contribution in [0.2, 0.25) is 0 Å². The largest absolute Gasteiger partial charge is 0.493 e. The van der Waals surface area contributed by atoms with Crippen molar-refractivity contribution in [2.75, 3.05) is 27.9 Å². The van der Waals surface area contributed by atoms with E-state index in [0.717, 1.165) is 10.8 Å². The summed E-state index contributed by atoms with van der Waals surface area (Å²) in [6, 6.07) is 15.2. The van der Waals surface area contributed by atoms with Gasteiger partial charge in [0, 0.05) is 5.56 Å².